The number of hydrogen-bond donors (Lipinski definition) is 0. The second kappa shape index (κ2) is 10.9. The summed E-state index contributed by atoms with van der Waals surface area (Å²) in [6, 6.07) is 19.9. The molecule has 1 unspecified atom stereocenters. The number of benzene rings is 2. The minimum Gasteiger partial charge on any atom is -0.452 e. The van der Waals surface area contributed by atoms with Gasteiger partial charge in [0.2, 0.25) is 0 Å². The van der Waals surface area contributed by atoms with E-state index in [-0.39, 0.29) is 30.4 Å². The number of rotatable bonds is 8. The smallest absolute Gasteiger partial charge is 0.309 e. The van der Waals surface area contributed by atoms with E-state index in [1.54, 1.807) is 0 Å². The van der Waals surface area contributed by atoms with Crippen LogP contribution in [0.4, 0.5) is 0 Å². The first-order valence-corrected chi connectivity index (χ1v) is 8.56. The molecule has 2 rings (SSSR count). The summed E-state index contributed by atoms with van der Waals surface area (Å²) in [7, 11) is 0. The predicted octanol–water partition coefficient (Wildman–Crippen LogP) is 5.96. The number of carbonyl (C=O) groups is 1. The highest BCUT2D eigenvalue weighted by Crippen LogP contribution is 2.28. The SMILES string of the molecule is CCCCC(CC)C(=O)OC(c1ccccc1)c1ccccc1.Cl. The van der Waals surface area contributed by atoms with E-state index in [2.05, 4.69) is 13.8 Å². The highest BCUT2D eigenvalue weighted by Gasteiger charge is 2.24. The molecule has 24 heavy (non-hydrogen) atoms. The molecule has 0 spiro atoms. The normalized spacial score (nSPS) is 11.6. The Balaban J connectivity index is 0.00000288. The van der Waals surface area contributed by atoms with Gasteiger partial charge in [0.1, 0.15) is 0 Å². The Morgan fingerprint density at radius 1 is 0.917 bits per heavy atom. The third-order valence-electron chi connectivity index (χ3n) is 4.17. The second-order valence-corrected chi connectivity index (χ2v) is 5.89. The van der Waals surface area contributed by atoms with E-state index in [0.717, 1.165) is 36.8 Å². The summed E-state index contributed by atoms with van der Waals surface area (Å²) in [6.07, 6.45) is 3.57. The van der Waals surface area contributed by atoms with Gasteiger partial charge in [0.25, 0.3) is 0 Å². The molecule has 0 radical (unpaired) electrons. The molecule has 0 saturated carbocycles. The van der Waals surface area contributed by atoms with Gasteiger partial charge in [-0.2, -0.15) is 0 Å². The van der Waals surface area contributed by atoms with Crippen molar-refractivity contribution in [3.05, 3.63) is 71.8 Å². The summed E-state index contributed by atoms with van der Waals surface area (Å²) in [5.74, 6) is -0.0940. The predicted molar refractivity (Wildman–Crippen MR) is 101 cm³/mol. The van der Waals surface area contributed by atoms with Gasteiger partial charge in [0.05, 0.1) is 5.92 Å². The van der Waals surface area contributed by atoms with Crippen molar-refractivity contribution in [2.75, 3.05) is 0 Å². The summed E-state index contributed by atoms with van der Waals surface area (Å²) in [5, 5.41) is 0. The summed E-state index contributed by atoms with van der Waals surface area (Å²) < 4.78 is 5.93. The zero-order valence-corrected chi connectivity index (χ0v) is 15.3. The Hall–Kier alpha value is -1.80. The number of esters is 1. The van der Waals surface area contributed by atoms with Crippen molar-refractivity contribution >= 4 is 18.4 Å². The first-order valence-electron chi connectivity index (χ1n) is 8.56. The van der Waals surface area contributed by atoms with E-state index >= 15 is 0 Å². The molecular formula is C21H27ClO2. The number of carbonyl (C=O) groups excluding carboxylic acids is 1. The van der Waals surface area contributed by atoms with Crippen LogP contribution in [0.15, 0.2) is 60.7 Å². The van der Waals surface area contributed by atoms with Crippen LogP contribution in [0.1, 0.15) is 56.8 Å². The second-order valence-electron chi connectivity index (χ2n) is 5.89. The van der Waals surface area contributed by atoms with Gasteiger partial charge in [-0.25, -0.2) is 0 Å². The quantitative estimate of drug-likeness (QED) is 0.551. The molecule has 0 N–H and O–H groups in total. The van der Waals surface area contributed by atoms with Gasteiger partial charge in [-0.15, -0.1) is 12.4 Å². The Morgan fingerprint density at radius 3 is 1.83 bits per heavy atom. The lowest BCUT2D eigenvalue weighted by Gasteiger charge is -2.22. The molecule has 2 nitrogen and oxygen atoms in total. The van der Waals surface area contributed by atoms with Crippen molar-refractivity contribution < 1.29 is 9.53 Å². The van der Waals surface area contributed by atoms with Crippen LogP contribution in [0.2, 0.25) is 0 Å². The van der Waals surface area contributed by atoms with Crippen molar-refractivity contribution in [2.45, 2.75) is 45.6 Å². The van der Waals surface area contributed by atoms with Gasteiger partial charge in [-0.05, 0) is 24.0 Å². The molecule has 0 saturated heterocycles. The summed E-state index contributed by atoms with van der Waals surface area (Å²) in [4.78, 5) is 12.6. The third kappa shape index (κ3) is 5.68. The Bertz CT molecular complexity index is 544. The van der Waals surface area contributed by atoms with Gasteiger partial charge < -0.3 is 4.74 Å². The van der Waals surface area contributed by atoms with Crippen molar-refractivity contribution in [2.24, 2.45) is 5.92 Å². The number of hydrogen-bond acceptors (Lipinski definition) is 2. The third-order valence-corrected chi connectivity index (χ3v) is 4.17. The summed E-state index contributed by atoms with van der Waals surface area (Å²) in [5.41, 5.74) is 2.02. The molecule has 0 aromatic heterocycles. The Labute approximate surface area is 151 Å². The molecule has 2 aromatic rings. The van der Waals surface area contributed by atoms with Crippen molar-refractivity contribution in [3.8, 4) is 0 Å². The maximum absolute atomic E-state index is 12.6. The van der Waals surface area contributed by atoms with E-state index < -0.39 is 0 Å². The van der Waals surface area contributed by atoms with Crippen molar-refractivity contribution in [3.63, 3.8) is 0 Å². The molecule has 0 fully saturated rings. The number of ether oxygens (including phenoxy) is 1. The van der Waals surface area contributed by atoms with Crippen molar-refractivity contribution in [1.29, 1.82) is 0 Å². The van der Waals surface area contributed by atoms with Crippen LogP contribution in [0, 0.1) is 5.92 Å². The molecule has 0 amide bonds. The van der Waals surface area contributed by atoms with Crippen LogP contribution >= 0.6 is 12.4 Å². The molecule has 0 aliphatic rings. The zero-order chi connectivity index (χ0) is 16.5. The largest absolute Gasteiger partial charge is 0.452 e. The lowest BCUT2D eigenvalue weighted by Crippen LogP contribution is -2.20. The average molecular weight is 347 g/mol. The van der Waals surface area contributed by atoms with Gasteiger partial charge in [0.15, 0.2) is 6.10 Å². The molecular weight excluding hydrogens is 320 g/mol. The summed E-state index contributed by atoms with van der Waals surface area (Å²) in [6.45, 7) is 4.20. The molecule has 3 heteroatoms. The van der Waals surface area contributed by atoms with Crippen LogP contribution in [0.3, 0.4) is 0 Å². The Morgan fingerprint density at radius 2 is 1.42 bits per heavy atom. The fourth-order valence-electron chi connectivity index (χ4n) is 2.74. The summed E-state index contributed by atoms with van der Waals surface area (Å²) >= 11 is 0. The molecule has 0 bridgehead atoms. The van der Waals surface area contributed by atoms with Gasteiger partial charge in [-0.3, -0.25) is 4.79 Å². The van der Waals surface area contributed by atoms with Crippen LogP contribution in [0.5, 0.6) is 0 Å². The van der Waals surface area contributed by atoms with Gasteiger partial charge >= 0.3 is 5.97 Å². The standard InChI is InChI=1S/C21H26O2.ClH/c1-3-5-12-17(4-2)21(22)23-20(18-13-8-6-9-14-18)19-15-10-7-11-16-19;/h6-11,13-17,20H,3-5,12H2,1-2H3;1H. The number of unbranched alkanes of at least 4 members (excludes halogenated alkanes) is 1. The van der Waals surface area contributed by atoms with E-state index in [9.17, 15) is 4.79 Å². The van der Waals surface area contributed by atoms with Crippen LogP contribution in [0.25, 0.3) is 0 Å². The fraction of sp³-hybridized carbons (Fsp3) is 0.381. The molecule has 0 heterocycles. The maximum atomic E-state index is 12.6. The fourth-order valence-corrected chi connectivity index (χ4v) is 2.74. The molecule has 2 aromatic carbocycles. The average Bonchev–Trinajstić information content (AvgIpc) is 2.62. The first kappa shape index (κ1) is 20.2. The van der Waals surface area contributed by atoms with Crippen LogP contribution in [-0.2, 0) is 9.53 Å². The molecule has 0 aliphatic carbocycles. The van der Waals surface area contributed by atoms with E-state index in [0.29, 0.717) is 0 Å². The first-order chi connectivity index (χ1) is 11.3. The minimum atomic E-state index is -0.333. The topological polar surface area (TPSA) is 26.3 Å². The lowest BCUT2D eigenvalue weighted by molar-refractivity contribution is -0.153. The van der Waals surface area contributed by atoms with Gasteiger partial charge in [0, 0.05) is 0 Å². The van der Waals surface area contributed by atoms with Crippen molar-refractivity contribution in [1.82, 2.24) is 0 Å². The molecule has 0 aliphatic heterocycles. The van der Waals surface area contributed by atoms with E-state index in [4.69, 9.17) is 4.74 Å². The van der Waals surface area contributed by atoms with E-state index in [1.165, 1.54) is 0 Å². The van der Waals surface area contributed by atoms with E-state index in [1.807, 2.05) is 60.7 Å². The lowest BCUT2D eigenvalue weighted by atomic mass is 9.98. The van der Waals surface area contributed by atoms with Gasteiger partial charge in [-0.1, -0.05) is 87.4 Å². The number of halogens is 1. The monoisotopic (exact) mass is 346 g/mol. The highest BCUT2D eigenvalue weighted by atomic mass is 35.5. The van der Waals surface area contributed by atoms with Crippen LogP contribution < -0.4 is 0 Å². The maximum Gasteiger partial charge on any atom is 0.309 e. The molecule has 130 valence electrons. The minimum absolute atomic E-state index is 0. The van der Waals surface area contributed by atoms with Crippen LogP contribution in [-0.4, -0.2) is 5.97 Å². The Kier molecular flexibility index (Phi) is 9.18. The molecule has 1 atom stereocenters. The zero-order valence-electron chi connectivity index (χ0n) is 14.5. The highest BCUT2D eigenvalue weighted by molar-refractivity contribution is 5.85.